The van der Waals surface area contributed by atoms with Crippen LogP contribution in [0.5, 0.6) is 5.75 Å². The summed E-state index contributed by atoms with van der Waals surface area (Å²) < 4.78 is 5.27. The van der Waals surface area contributed by atoms with Crippen LogP contribution in [0.15, 0.2) is 40.4 Å². The zero-order valence-electron chi connectivity index (χ0n) is 10.3. The average Bonchev–Trinajstić information content (AvgIpc) is 2.41. The monoisotopic (exact) mass is 262 g/mol. The van der Waals surface area contributed by atoms with Crippen molar-refractivity contribution >= 4 is 11.8 Å². The second kappa shape index (κ2) is 5.73. The lowest BCUT2D eigenvalue weighted by molar-refractivity contribution is 0.410. The van der Waals surface area contributed by atoms with E-state index in [1.54, 1.807) is 13.3 Å². The zero-order valence-corrected chi connectivity index (χ0v) is 11.1. The standard InChI is InChI=1S/C13H14N2O2S/c1-17-11-6-4-3-5-9(11)7-10-8-14-13(18-2)15-12(10)16/h3-6,8H,7H2,1-2H3,(H,14,15,16). The van der Waals surface area contributed by atoms with Crippen molar-refractivity contribution in [3.63, 3.8) is 0 Å². The van der Waals surface area contributed by atoms with E-state index in [1.807, 2.05) is 30.5 Å². The minimum atomic E-state index is -0.0970. The molecule has 4 nitrogen and oxygen atoms in total. The summed E-state index contributed by atoms with van der Waals surface area (Å²) in [4.78, 5) is 18.8. The van der Waals surface area contributed by atoms with E-state index in [9.17, 15) is 4.79 Å². The second-order valence-electron chi connectivity index (χ2n) is 3.74. The van der Waals surface area contributed by atoms with Crippen molar-refractivity contribution in [1.82, 2.24) is 9.97 Å². The molecular weight excluding hydrogens is 248 g/mol. The van der Waals surface area contributed by atoms with E-state index in [1.165, 1.54) is 11.8 Å². The molecule has 0 fully saturated rings. The van der Waals surface area contributed by atoms with Crippen molar-refractivity contribution in [2.75, 3.05) is 13.4 Å². The molecule has 5 heteroatoms. The van der Waals surface area contributed by atoms with Gasteiger partial charge in [0.25, 0.3) is 5.56 Å². The molecule has 1 aromatic carbocycles. The van der Waals surface area contributed by atoms with Gasteiger partial charge in [-0.1, -0.05) is 30.0 Å². The summed E-state index contributed by atoms with van der Waals surface area (Å²) in [6.45, 7) is 0. The van der Waals surface area contributed by atoms with Crippen molar-refractivity contribution in [1.29, 1.82) is 0 Å². The lowest BCUT2D eigenvalue weighted by atomic mass is 10.1. The average molecular weight is 262 g/mol. The molecule has 0 aliphatic rings. The fraction of sp³-hybridized carbons (Fsp3) is 0.231. The van der Waals surface area contributed by atoms with Gasteiger partial charge in [0.05, 0.1) is 7.11 Å². The predicted molar refractivity (Wildman–Crippen MR) is 72.4 cm³/mol. The van der Waals surface area contributed by atoms with E-state index in [-0.39, 0.29) is 5.56 Å². The second-order valence-corrected chi connectivity index (χ2v) is 4.53. The molecule has 0 spiro atoms. The van der Waals surface area contributed by atoms with E-state index < -0.39 is 0 Å². The number of aromatic amines is 1. The van der Waals surface area contributed by atoms with E-state index in [2.05, 4.69) is 9.97 Å². The van der Waals surface area contributed by atoms with Gasteiger partial charge in [-0.05, 0) is 17.9 Å². The first kappa shape index (κ1) is 12.7. The van der Waals surface area contributed by atoms with Gasteiger partial charge in [0, 0.05) is 18.2 Å². The molecule has 0 atom stereocenters. The maximum absolute atomic E-state index is 11.9. The van der Waals surface area contributed by atoms with Crippen LogP contribution in [0.3, 0.4) is 0 Å². The SMILES string of the molecule is COc1ccccc1Cc1cnc(SC)[nH]c1=O. The van der Waals surface area contributed by atoms with Crippen molar-refractivity contribution in [2.24, 2.45) is 0 Å². The van der Waals surface area contributed by atoms with Gasteiger partial charge in [0.2, 0.25) is 0 Å². The smallest absolute Gasteiger partial charge is 0.255 e. The largest absolute Gasteiger partial charge is 0.496 e. The number of rotatable bonds is 4. The lowest BCUT2D eigenvalue weighted by Gasteiger charge is -2.07. The third kappa shape index (κ3) is 2.73. The van der Waals surface area contributed by atoms with Crippen LogP contribution in [0.1, 0.15) is 11.1 Å². The molecule has 0 saturated heterocycles. The summed E-state index contributed by atoms with van der Waals surface area (Å²) in [6.07, 6.45) is 4.01. The van der Waals surface area contributed by atoms with Crippen LogP contribution in [0.2, 0.25) is 0 Å². The summed E-state index contributed by atoms with van der Waals surface area (Å²) >= 11 is 1.41. The van der Waals surface area contributed by atoms with Crippen molar-refractivity contribution in [3.8, 4) is 5.75 Å². The van der Waals surface area contributed by atoms with E-state index >= 15 is 0 Å². The molecule has 0 aliphatic carbocycles. The van der Waals surface area contributed by atoms with Gasteiger partial charge in [-0.2, -0.15) is 0 Å². The molecule has 2 rings (SSSR count). The van der Waals surface area contributed by atoms with Crippen LogP contribution in [-0.4, -0.2) is 23.3 Å². The highest BCUT2D eigenvalue weighted by molar-refractivity contribution is 7.98. The van der Waals surface area contributed by atoms with Crippen LogP contribution in [0.4, 0.5) is 0 Å². The highest BCUT2D eigenvalue weighted by Gasteiger charge is 2.07. The number of aromatic nitrogens is 2. The number of benzene rings is 1. The molecule has 0 aliphatic heterocycles. The maximum atomic E-state index is 11.9. The summed E-state index contributed by atoms with van der Waals surface area (Å²) in [6, 6.07) is 7.66. The van der Waals surface area contributed by atoms with Gasteiger partial charge in [-0.25, -0.2) is 4.98 Å². The molecule has 1 heterocycles. The third-order valence-corrected chi connectivity index (χ3v) is 3.21. The van der Waals surface area contributed by atoms with E-state index in [0.29, 0.717) is 17.1 Å². The fourth-order valence-corrected chi connectivity index (χ4v) is 2.04. The highest BCUT2D eigenvalue weighted by atomic mass is 32.2. The quantitative estimate of drug-likeness (QED) is 0.677. The highest BCUT2D eigenvalue weighted by Crippen LogP contribution is 2.19. The first-order chi connectivity index (χ1) is 8.74. The molecule has 0 radical (unpaired) electrons. The number of nitrogens with zero attached hydrogens (tertiary/aromatic N) is 1. The van der Waals surface area contributed by atoms with E-state index in [0.717, 1.165) is 11.3 Å². The van der Waals surface area contributed by atoms with Gasteiger partial charge in [-0.3, -0.25) is 4.79 Å². The molecule has 0 bridgehead atoms. The molecule has 1 N–H and O–H groups in total. The van der Waals surface area contributed by atoms with Gasteiger partial charge >= 0.3 is 0 Å². The van der Waals surface area contributed by atoms with Gasteiger partial charge < -0.3 is 9.72 Å². The number of thioether (sulfide) groups is 1. The molecule has 94 valence electrons. The number of hydrogen-bond acceptors (Lipinski definition) is 4. The fourth-order valence-electron chi connectivity index (χ4n) is 1.69. The Hall–Kier alpha value is -1.75. The maximum Gasteiger partial charge on any atom is 0.255 e. The van der Waals surface area contributed by atoms with Crippen molar-refractivity contribution in [2.45, 2.75) is 11.6 Å². The Morgan fingerprint density at radius 1 is 1.33 bits per heavy atom. The lowest BCUT2D eigenvalue weighted by Crippen LogP contribution is -2.14. The Morgan fingerprint density at radius 2 is 2.11 bits per heavy atom. The van der Waals surface area contributed by atoms with E-state index in [4.69, 9.17) is 4.74 Å². The minimum absolute atomic E-state index is 0.0970. The van der Waals surface area contributed by atoms with Crippen LogP contribution in [0, 0.1) is 0 Å². The molecule has 0 amide bonds. The van der Waals surface area contributed by atoms with Gasteiger partial charge in [0.15, 0.2) is 5.16 Å². The normalized spacial score (nSPS) is 10.3. The Labute approximate surface area is 109 Å². The van der Waals surface area contributed by atoms with Gasteiger partial charge in [-0.15, -0.1) is 0 Å². The summed E-state index contributed by atoms with van der Waals surface area (Å²) in [5.41, 5.74) is 1.52. The third-order valence-electron chi connectivity index (χ3n) is 2.62. The van der Waals surface area contributed by atoms with Gasteiger partial charge in [0.1, 0.15) is 5.75 Å². The molecule has 1 aromatic heterocycles. The van der Waals surface area contributed by atoms with Crippen LogP contribution in [0.25, 0.3) is 0 Å². The zero-order chi connectivity index (χ0) is 13.0. The summed E-state index contributed by atoms with van der Waals surface area (Å²) in [5.74, 6) is 0.783. The topological polar surface area (TPSA) is 55.0 Å². The summed E-state index contributed by atoms with van der Waals surface area (Å²) in [5, 5.41) is 0.628. The summed E-state index contributed by atoms with van der Waals surface area (Å²) in [7, 11) is 1.62. The van der Waals surface area contributed by atoms with Crippen LogP contribution >= 0.6 is 11.8 Å². The Bertz CT molecular complexity index is 596. The minimum Gasteiger partial charge on any atom is -0.496 e. The molecule has 0 saturated carbocycles. The number of hydrogen-bond donors (Lipinski definition) is 1. The first-order valence-corrected chi connectivity index (χ1v) is 6.71. The number of ether oxygens (including phenoxy) is 1. The number of H-pyrrole nitrogens is 1. The number of para-hydroxylation sites is 1. The Balaban J connectivity index is 2.31. The van der Waals surface area contributed by atoms with Crippen molar-refractivity contribution in [3.05, 3.63) is 51.9 Å². The molecule has 2 aromatic rings. The Morgan fingerprint density at radius 3 is 2.78 bits per heavy atom. The predicted octanol–water partition coefficient (Wildman–Crippen LogP) is 2.09. The first-order valence-electron chi connectivity index (χ1n) is 5.48. The van der Waals surface area contributed by atoms with Crippen LogP contribution < -0.4 is 10.3 Å². The number of methoxy groups -OCH3 is 1. The Kier molecular flexibility index (Phi) is 4.04. The number of nitrogens with one attached hydrogen (secondary N) is 1. The molecule has 0 unspecified atom stereocenters. The molecule has 18 heavy (non-hydrogen) atoms. The van der Waals surface area contributed by atoms with Crippen LogP contribution in [-0.2, 0) is 6.42 Å². The van der Waals surface area contributed by atoms with Crippen molar-refractivity contribution < 1.29 is 4.74 Å². The molecular formula is C13H14N2O2S.